The molecule has 4 heteroatoms. The van der Waals surface area contributed by atoms with Gasteiger partial charge >= 0.3 is 0 Å². The number of ether oxygens (including phenoxy) is 1. The zero-order valence-electron chi connectivity index (χ0n) is 6.75. The molecule has 0 N–H and O–H groups in total. The highest BCUT2D eigenvalue weighted by Crippen LogP contribution is 2.29. The van der Waals surface area contributed by atoms with Gasteiger partial charge in [-0.05, 0) is 18.2 Å². The Morgan fingerprint density at radius 3 is 3.08 bits per heavy atom. The summed E-state index contributed by atoms with van der Waals surface area (Å²) in [6.45, 7) is 0.425. The average molecular weight is 198 g/mol. The van der Waals surface area contributed by atoms with Gasteiger partial charge in [-0.25, -0.2) is 0 Å². The van der Waals surface area contributed by atoms with Crippen molar-refractivity contribution in [1.29, 1.82) is 0 Å². The van der Waals surface area contributed by atoms with E-state index in [-0.39, 0.29) is 17.9 Å². The van der Waals surface area contributed by atoms with Gasteiger partial charge in [0.05, 0.1) is 24.3 Å². The highest BCUT2D eigenvalue weighted by atomic mass is 32.2. The van der Waals surface area contributed by atoms with E-state index in [2.05, 4.69) is 0 Å². The van der Waals surface area contributed by atoms with E-state index >= 15 is 0 Å². The second-order valence-corrected chi connectivity index (χ2v) is 3.38. The molecule has 13 heavy (non-hydrogen) atoms. The van der Waals surface area contributed by atoms with Crippen molar-refractivity contribution >= 4 is 17.9 Å². The molecule has 0 aromatic heterocycles. The zero-order chi connectivity index (χ0) is 9.26. The van der Waals surface area contributed by atoms with Gasteiger partial charge in [-0.2, -0.15) is 3.89 Å². The van der Waals surface area contributed by atoms with Gasteiger partial charge in [-0.1, -0.05) is 0 Å². The molecule has 1 heterocycles. The molecule has 0 saturated heterocycles. The first-order chi connectivity index (χ1) is 6.31. The van der Waals surface area contributed by atoms with Crippen LogP contribution in [0.3, 0.4) is 0 Å². The average Bonchev–Trinajstić information content (AvgIpc) is 2.18. The van der Waals surface area contributed by atoms with Crippen LogP contribution in [0.15, 0.2) is 23.1 Å². The summed E-state index contributed by atoms with van der Waals surface area (Å²) >= 11 is 0.136. The molecular weight excluding hydrogens is 191 g/mol. The van der Waals surface area contributed by atoms with Crippen LogP contribution in [0.2, 0.25) is 0 Å². The fourth-order valence-electron chi connectivity index (χ4n) is 1.29. The predicted octanol–water partition coefficient (Wildman–Crippen LogP) is 2.63. The molecule has 0 spiro atoms. The van der Waals surface area contributed by atoms with Crippen LogP contribution in [0.25, 0.3) is 0 Å². The van der Waals surface area contributed by atoms with E-state index in [1.807, 2.05) is 0 Å². The molecule has 0 radical (unpaired) electrons. The number of hydrogen-bond acceptors (Lipinski definition) is 3. The van der Waals surface area contributed by atoms with Crippen LogP contribution in [0.4, 0.5) is 3.89 Å². The first-order valence-electron chi connectivity index (χ1n) is 3.90. The Morgan fingerprint density at radius 1 is 1.46 bits per heavy atom. The normalized spacial score (nSPS) is 15.0. The maximum absolute atomic E-state index is 12.2. The molecule has 2 nitrogen and oxygen atoms in total. The van der Waals surface area contributed by atoms with Crippen LogP contribution in [0, 0.1) is 0 Å². The van der Waals surface area contributed by atoms with E-state index < -0.39 is 0 Å². The quantitative estimate of drug-likeness (QED) is 0.693. The molecule has 1 aromatic rings. The van der Waals surface area contributed by atoms with Crippen LogP contribution in [-0.4, -0.2) is 12.4 Å². The number of rotatable bonds is 1. The lowest BCUT2D eigenvalue weighted by Gasteiger charge is -2.15. The Hall–Kier alpha value is -1.03. The van der Waals surface area contributed by atoms with Crippen LogP contribution < -0.4 is 4.74 Å². The molecule has 1 aliphatic rings. The molecule has 2 rings (SSSR count). The summed E-state index contributed by atoms with van der Waals surface area (Å²) in [5.41, 5.74) is 0.494. The maximum atomic E-state index is 12.2. The lowest BCUT2D eigenvalue weighted by Crippen LogP contribution is -2.14. The molecular formula is C9H7FO2S. The second kappa shape index (κ2) is 3.38. The number of carbonyl (C=O) groups is 1. The lowest BCUT2D eigenvalue weighted by molar-refractivity contribution is 0.0933. The Morgan fingerprint density at radius 2 is 2.31 bits per heavy atom. The van der Waals surface area contributed by atoms with Gasteiger partial charge in [-0.3, -0.25) is 4.79 Å². The van der Waals surface area contributed by atoms with E-state index in [4.69, 9.17) is 4.74 Å². The summed E-state index contributed by atoms with van der Waals surface area (Å²) in [5, 5.41) is 0. The van der Waals surface area contributed by atoms with Crippen molar-refractivity contribution in [2.75, 3.05) is 6.61 Å². The van der Waals surface area contributed by atoms with Gasteiger partial charge in [0.1, 0.15) is 5.75 Å². The summed E-state index contributed by atoms with van der Waals surface area (Å²) in [5.74, 6) is 0.589. The summed E-state index contributed by atoms with van der Waals surface area (Å²) in [6, 6.07) is 4.76. The van der Waals surface area contributed by atoms with E-state index in [0.29, 0.717) is 29.2 Å². The fourth-order valence-corrected chi connectivity index (χ4v) is 1.57. The van der Waals surface area contributed by atoms with Gasteiger partial charge < -0.3 is 4.74 Å². The number of ketones is 1. The van der Waals surface area contributed by atoms with Crippen molar-refractivity contribution in [3.63, 3.8) is 0 Å². The van der Waals surface area contributed by atoms with E-state index in [9.17, 15) is 8.68 Å². The van der Waals surface area contributed by atoms with Crippen LogP contribution >= 0.6 is 12.1 Å². The molecule has 0 bridgehead atoms. The van der Waals surface area contributed by atoms with Gasteiger partial charge in [0, 0.05) is 11.3 Å². The third-order valence-corrected chi connectivity index (χ3v) is 2.36. The van der Waals surface area contributed by atoms with Crippen molar-refractivity contribution in [3.05, 3.63) is 23.8 Å². The van der Waals surface area contributed by atoms with Gasteiger partial charge in [-0.15, -0.1) is 0 Å². The monoisotopic (exact) mass is 198 g/mol. The zero-order valence-corrected chi connectivity index (χ0v) is 7.57. The van der Waals surface area contributed by atoms with E-state index in [1.165, 1.54) is 6.07 Å². The van der Waals surface area contributed by atoms with Crippen molar-refractivity contribution in [1.82, 2.24) is 0 Å². The largest absolute Gasteiger partial charge is 0.492 e. The highest BCUT2D eigenvalue weighted by molar-refractivity contribution is 7.94. The molecule has 1 aromatic carbocycles. The molecule has 0 saturated carbocycles. The summed E-state index contributed by atoms with van der Waals surface area (Å²) < 4.78 is 17.4. The molecule has 0 unspecified atom stereocenters. The van der Waals surface area contributed by atoms with Crippen molar-refractivity contribution in [2.24, 2.45) is 0 Å². The third kappa shape index (κ3) is 1.54. The predicted molar refractivity (Wildman–Crippen MR) is 47.8 cm³/mol. The molecule has 0 fully saturated rings. The van der Waals surface area contributed by atoms with E-state index in [1.54, 1.807) is 12.1 Å². The smallest absolute Gasteiger partial charge is 0.170 e. The number of fused-ring (bicyclic) bond motifs is 1. The molecule has 0 aliphatic carbocycles. The minimum absolute atomic E-state index is 0.0251. The first-order valence-corrected chi connectivity index (χ1v) is 4.61. The second-order valence-electron chi connectivity index (χ2n) is 2.76. The number of halogens is 1. The highest BCUT2D eigenvalue weighted by Gasteiger charge is 2.18. The first kappa shape index (κ1) is 8.56. The summed E-state index contributed by atoms with van der Waals surface area (Å²) in [7, 11) is 0. The standard InChI is InChI=1S/C9H7FO2S/c10-13-6-1-2-9-7(5-6)8(11)3-4-12-9/h1-2,5H,3-4H2. The van der Waals surface area contributed by atoms with Gasteiger partial charge in [0.2, 0.25) is 0 Å². The lowest BCUT2D eigenvalue weighted by atomic mass is 10.1. The van der Waals surface area contributed by atoms with Gasteiger partial charge in [0.25, 0.3) is 0 Å². The molecule has 68 valence electrons. The summed E-state index contributed by atoms with van der Waals surface area (Å²) in [4.78, 5) is 11.8. The number of hydrogen-bond donors (Lipinski definition) is 0. The third-order valence-electron chi connectivity index (χ3n) is 1.93. The summed E-state index contributed by atoms with van der Waals surface area (Å²) in [6.07, 6.45) is 0.382. The molecule has 0 atom stereocenters. The number of benzene rings is 1. The van der Waals surface area contributed by atoms with Crippen LogP contribution in [0.1, 0.15) is 16.8 Å². The Labute approximate surface area is 79.4 Å². The minimum Gasteiger partial charge on any atom is -0.492 e. The Balaban J connectivity index is 2.47. The number of carbonyl (C=O) groups excluding carboxylic acids is 1. The maximum Gasteiger partial charge on any atom is 0.170 e. The Kier molecular flexibility index (Phi) is 2.22. The van der Waals surface area contributed by atoms with Crippen LogP contribution in [-0.2, 0) is 0 Å². The van der Waals surface area contributed by atoms with E-state index in [0.717, 1.165) is 0 Å². The molecule has 1 aliphatic heterocycles. The fraction of sp³-hybridized carbons (Fsp3) is 0.222. The minimum atomic E-state index is 0.0251. The topological polar surface area (TPSA) is 26.3 Å². The van der Waals surface area contributed by atoms with Crippen LogP contribution in [0.5, 0.6) is 5.75 Å². The van der Waals surface area contributed by atoms with Crippen molar-refractivity contribution in [3.8, 4) is 5.75 Å². The molecule has 0 amide bonds. The number of Topliss-reactive ketones (excluding diaryl/α,β-unsaturated/α-hetero) is 1. The Bertz CT molecular complexity index is 351. The van der Waals surface area contributed by atoms with Gasteiger partial charge in [0.15, 0.2) is 5.78 Å². The van der Waals surface area contributed by atoms with Crippen molar-refractivity contribution in [2.45, 2.75) is 11.3 Å². The SMILES string of the molecule is O=C1CCOc2ccc(SF)cc21. The van der Waals surface area contributed by atoms with Crippen molar-refractivity contribution < 1.29 is 13.4 Å².